The highest BCUT2D eigenvalue weighted by molar-refractivity contribution is 5.76. The van der Waals surface area contributed by atoms with Crippen molar-refractivity contribution in [2.45, 2.75) is 25.8 Å². The number of amides is 1. The van der Waals surface area contributed by atoms with Gasteiger partial charge in [-0.1, -0.05) is 11.2 Å². The molecule has 1 aromatic carbocycles. The number of rotatable bonds is 7. The number of nitrogens with one attached hydrogen (secondary N) is 2. The first kappa shape index (κ1) is 20.2. The maximum Gasteiger partial charge on any atom is 0.220 e. The van der Waals surface area contributed by atoms with E-state index in [2.05, 4.69) is 20.8 Å². The highest BCUT2D eigenvalue weighted by atomic mass is 19.1. The fourth-order valence-electron chi connectivity index (χ4n) is 3.93. The number of hydrogen-bond acceptors (Lipinski definition) is 5. The van der Waals surface area contributed by atoms with Crippen LogP contribution in [-0.2, 0) is 17.8 Å². The Balaban J connectivity index is 1.34. The Labute approximate surface area is 174 Å². The van der Waals surface area contributed by atoms with E-state index in [9.17, 15) is 9.18 Å². The molecule has 2 atom stereocenters. The lowest BCUT2D eigenvalue weighted by atomic mass is 9.81. The fourth-order valence-corrected chi connectivity index (χ4v) is 3.93. The summed E-state index contributed by atoms with van der Waals surface area (Å²) in [5.41, 5.74) is 2.63. The Morgan fingerprint density at radius 2 is 2.10 bits per heavy atom. The van der Waals surface area contributed by atoms with Crippen molar-refractivity contribution in [2.75, 3.05) is 13.1 Å². The van der Waals surface area contributed by atoms with Crippen LogP contribution >= 0.6 is 0 Å². The Morgan fingerprint density at radius 3 is 2.90 bits per heavy atom. The van der Waals surface area contributed by atoms with E-state index < -0.39 is 0 Å². The van der Waals surface area contributed by atoms with Gasteiger partial charge < -0.3 is 15.2 Å². The summed E-state index contributed by atoms with van der Waals surface area (Å²) in [6.07, 6.45) is 5.66. The average molecular weight is 408 g/mol. The molecule has 7 heteroatoms. The lowest BCUT2D eigenvalue weighted by Crippen LogP contribution is -2.40. The van der Waals surface area contributed by atoms with Crippen LogP contribution in [0.1, 0.15) is 24.1 Å². The van der Waals surface area contributed by atoms with Gasteiger partial charge in [-0.25, -0.2) is 4.39 Å². The van der Waals surface area contributed by atoms with Crippen molar-refractivity contribution in [3.05, 3.63) is 71.9 Å². The molecule has 1 aliphatic rings. The van der Waals surface area contributed by atoms with Crippen molar-refractivity contribution < 1.29 is 13.7 Å². The lowest BCUT2D eigenvalue weighted by Gasteiger charge is -2.31. The maximum atomic E-state index is 13.1. The summed E-state index contributed by atoms with van der Waals surface area (Å²) < 4.78 is 18.6. The zero-order chi connectivity index (χ0) is 20.8. The number of halogens is 1. The van der Waals surface area contributed by atoms with E-state index in [1.807, 2.05) is 18.2 Å². The number of carbonyl (C=O) groups is 1. The zero-order valence-corrected chi connectivity index (χ0v) is 16.7. The monoisotopic (exact) mass is 408 g/mol. The molecule has 1 saturated heterocycles. The second kappa shape index (κ2) is 9.63. The molecule has 0 aliphatic carbocycles. The number of piperidine rings is 1. The second-order valence-corrected chi connectivity index (χ2v) is 7.75. The molecule has 156 valence electrons. The fraction of sp³-hybridized carbons (Fsp3) is 0.348. The Hall–Kier alpha value is -3.06. The minimum absolute atomic E-state index is 0.0582. The van der Waals surface area contributed by atoms with Crippen LogP contribution in [-0.4, -0.2) is 29.1 Å². The van der Waals surface area contributed by atoms with E-state index in [1.54, 1.807) is 24.5 Å². The highest BCUT2D eigenvalue weighted by Gasteiger charge is 2.28. The Kier molecular flexibility index (Phi) is 6.49. The second-order valence-electron chi connectivity index (χ2n) is 7.75. The normalized spacial score (nSPS) is 18.8. The highest BCUT2D eigenvalue weighted by Crippen LogP contribution is 2.28. The maximum absolute atomic E-state index is 13.1. The molecular formula is C23H25FN4O2. The molecule has 1 aliphatic heterocycles. The van der Waals surface area contributed by atoms with Gasteiger partial charge in [0.25, 0.3) is 0 Å². The van der Waals surface area contributed by atoms with Gasteiger partial charge in [0, 0.05) is 37.0 Å². The molecule has 3 heterocycles. The number of nitrogens with zero attached hydrogens (tertiary/aromatic N) is 2. The summed E-state index contributed by atoms with van der Waals surface area (Å²) in [6.45, 7) is 2.25. The van der Waals surface area contributed by atoms with Crippen molar-refractivity contribution in [1.82, 2.24) is 20.8 Å². The van der Waals surface area contributed by atoms with Gasteiger partial charge in [0.2, 0.25) is 5.91 Å². The molecule has 3 aromatic rings. The van der Waals surface area contributed by atoms with Crippen molar-refractivity contribution in [3.63, 3.8) is 0 Å². The SMILES string of the molecule is O=C(CC1CCNCC1Cc1cc(-c2ccc(F)cc2)on1)NCc1cccnc1. The third-order valence-electron chi connectivity index (χ3n) is 5.58. The molecule has 2 N–H and O–H groups in total. The van der Waals surface area contributed by atoms with E-state index in [4.69, 9.17) is 4.52 Å². The molecule has 1 fully saturated rings. The molecule has 0 radical (unpaired) electrons. The van der Waals surface area contributed by atoms with E-state index in [0.717, 1.165) is 42.8 Å². The minimum Gasteiger partial charge on any atom is -0.356 e. The topological polar surface area (TPSA) is 80.0 Å². The third-order valence-corrected chi connectivity index (χ3v) is 5.58. The van der Waals surface area contributed by atoms with Gasteiger partial charge in [0.1, 0.15) is 5.82 Å². The van der Waals surface area contributed by atoms with Crippen LogP contribution in [0.4, 0.5) is 4.39 Å². The summed E-state index contributed by atoms with van der Waals surface area (Å²) in [5, 5.41) is 10.6. The molecular weight excluding hydrogens is 383 g/mol. The predicted molar refractivity (Wildman–Crippen MR) is 111 cm³/mol. The summed E-state index contributed by atoms with van der Waals surface area (Å²) in [5.74, 6) is 0.985. The number of carbonyl (C=O) groups excluding carboxylic acids is 1. The van der Waals surface area contributed by atoms with Crippen LogP contribution in [0.15, 0.2) is 59.4 Å². The van der Waals surface area contributed by atoms with Crippen LogP contribution in [0.2, 0.25) is 0 Å². The lowest BCUT2D eigenvalue weighted by molar-refractivity contribution is -0.122. The molecule has 0 spiro atoms. The number of aromatic nitrogens is 2. The molecule has 2 unspecified atom stereocenters. The summed E-state index contributed by atoms with van der Waals surface area (Å²) in [6, 6.07) is 11.9. The van der Waals surface area contributed by atoms with Crippen LogP contribution in [0, 0.1) is 17.7 Å². The van der Waals surface area contributed by atoms with E-state index in [-0.39, 0.29) is 17.6 Å². The summed E-state index contributed by atoms with van der Waals surface area (Å²) in [4.78, 5) is 16.6. The van der Waals surface area contributed by atoms with Gasteiger partial charge in [-0.2, -0.15) is 0 Å². The molecule has 2 aromatic heterocycles. The molecule has 0 saturated carbocycles. The first-order valence-corrected chi connectivity index (χ1v) is 10.3. The summed E-state index contributed by atoms with van der Waals surface area (Å²) in [7, 11) is 0. The van der Waals surface area contributed by atoms with Crippen molar-refractivity contribution in [3.8, 4) is 11.3 Å². The largest absolute Gasteiger partial charge is 0.356 e. The average Bonchev–Trinajstić information content (AvgIpc) is 3.23. The molecule has 0 bridgehead atoms. The van der Waals surface area contributed by atoms with Gasteiger partial charge in [-0.3, -0.25) is 9.78 Å². The standard InChI is InChI=1S/C23H25FN4O2/c24-20-5-3-17(4-6-20)22-12-21(28-30-22)10-19-15-26-9-7-18(19)11-23(29)27-14-16-2-1-8-25-13-16/h1-6,8,12-13,18-19,26H,7,9-11,14-15H2,(H,27,29). The van der Waals surface area contributed by atoms with Gasteiger partial charge in [-0.15, -0.1) is 0 Å². The predicted octanol–water partition coefficient (Wildman–Crippen LogP) is 3.35. The van der Waals surface area contributed by atoms with Crippen molar-refractivity contribution in [1.29, 1.82) is 0 Å². The smallest absolute Gasteiger partial charge is 0.220 e. The van der Waals surface area contributed by atoms with Crippen LogP contribution < -0.4 is 10.6 Å². The number of hydrogen-bond donors (Lipinski definition) is 2. The van der Waals surface area contributed by atoms with E-state index in [0.29, 0.717) is 24.6 Å². The van der Waals surface area contributed by atoms with Gasteiger partial charge >= 0.3 is 0 Å². The first-order chi connectivity index (χ1) is 14.7. The molecule has 6 nitrogen and oxygen atoms in total. The number of benzene rings is 1. The minimum atomic E-state index is -0.281. The van der Waals surface area contributed by atoms with Crippen molar-refractivity contribution in [2.24, 2.45) is 11.8 Å². The summed E-state index contributed by atoms with van der Waals surface area (Å²) >= 11 is 0. The van der Waals surface area contributed by atoms with Crippen molar-refractivity contribution >= 4 is 5.91 Å². The molecule has 30 heavy (non-hydrogen) atoms. The first-order valence-electron chi connectivity index (χ1n) is 10.3. The van der Waals surface area contributed by atoms with Crippen LogP contribution in [0.5, 0.6) is 0 Å². The molecule has 4 rings (SSSR count). The van der Waals surface area contributed by atoms with Crippen LogP contribution in [0.3, 0.4) is 0 Å². The van der Waals surface area contributed by atoms with Gasteiger partial charge in [-0.05, 0) is 73.7 Å². The number of pyridine rings is 1. The van der Waals surface area contributed by atoms with E-state index in [1.165, 1.54) is 12.1 Å². The Bertz CT molecular complexity index is 959. The zero-order valence-electron chi connectivity index (χ0n) is 16.7. The quantitative estimate of drug-likeness (QED) is 0.627. The van der Waals surface area contributed by atoms with Gasteiger partial charge in [0.15, 0.2) is 5.76 Å². The Morgan fingerprint density at radius 1 is 1.23 bits per heavy atom. The van der Waals surface area contributed by atoms with Crippen LogP contribution in [0.25, 0.3) is 11.3 Å². The third kappa shape index (κ3) is 5.30. The van der Waals surface area contributed by atoms with Gasteiger partial charge in [0.05, 0.1) is 5.69 Å². The molecule has 1 amide bonds. The van der Waals surface area contributed by atoms with E-state index >= 15 is 0 Å².